The van der Waals surface area contributed by atoms with Crippen molar-refractivity contribution in [3.8, 4) is 0 Å². The van der Waals surface area contributed by atoms with E-state index in [1.165, 1.54) is 101 Å². The molecule has 7 N–H and O–H groups in total. The van der Waals surface area contributed by atoms with Crippen LogP contribution in [0.4, 0.5) is 0 Å². The number of aromatic amines is 1. The molecule has 0 unspecified atom stereocenters. The summed E-state index contributed by atoms with van der Waals surface area (Å²) in [7, 11) is 0. The van der Waals surface area contributed by atoms with Gasteiger partial charge in [0.2, 0.25) is 0 Å². The van der Waals surface area contributed by atoms with Gasteiger partial charge in [-0.1, -0.05) is 85.0 Å². The van der Waals surface area contributed by atoms with Crippen LogP contribution in [-0.2, 0) is 47.3 Å². The van der Waals surface area contributed by atoms with Crippen LogP contribution in [0, 0.1) is 121 Å². The molecule has 548 valence electrons. The molecule has 0 aromatic carbocycles. The molecule has 12 saturated carbocycles. The van der Waals surface area contributed by atoms with E-state index < -0.39 is 16.8 Å². The van der Waals surface area contributed by atoms with Gasteiger partial charge in [-0.15, -0.1) is 5.10 Å². The van der Waals surface area contributed by atoms with Gasteiger partial charge in [-0.2, -0.15) is 30.4 Å². The maximum Gasteiger partial charge on any atom is 0.159 e. The Morgan fingerprint density at radius 1 is 0.464 bits per heavy atom. The maximum absolute atomic E-state index is 13.3. The molecular weight excluding hydrogens is 1290 g/mol. The van der Waals surface area contributed by atoms with Crippen LogP contribution in [0.2, 0.25) is 0 Å². The first-order valence-electron chi connectivity index (χ1n) is 37.2. The average Bonchev–Trinajstić information content (AvgIpc) is 1.72. The summed E-state index contributed by atoms with van der Waals surface area (Å²) < 4.78 is 1.59. The number of fused-ring (bicyclic) bond motifs is 15. The number of nitrogens with zero attached hydrogens (tertiary/aromatic N) is 8. The normalized spacial score (nSPS) is 44.8. The Balaban J connectivity index is 0.000000160. The maximum atomic E-state index is 13.3. The van der Waals surface area contributed by atoms with E-state index in [0.717, 1.165) is 125 Å². The van der Waals surface area contributed by atoms with Crippen molar-refractivity contribution >= 4 is 33.3 Å². The Bertz CT molecular complexity index is 3010. The summed E-state index contributed by atoms with van der Waals surface area (Å²) in [5.41, 5.74) is 1.76. The number of aliphatic hydroxyl groups excluding tert-OH is 3. The van der Waals surface area contributed by atoms with E-state index in [0.29, 0.717) is 74.0 Å². The van der Waals surface area contributed by atoms with E-state index in [-0.39, 0.29) is 101 Å². The highest BCUT2D eigenvalue weighted by molar-refractivity contribution is 9.09. The van der Waals surface area contributed by atoms with E-state index in [1.807, 2.05) is 20.8 Å². The summed E-state index contributed by atoms with van der Waals surface area (Å²) in [5, 5.41) is 84.9. The molecule has 24 atom stereocenters. The van der Waals surface area contributed by atoms with Gasteiger partial charge in [-0.3, -0.25) is 14.4 Å². The molecule has 3 heterocycles. The van der Waals surface area contributed by atoms with Gasteiger partial charge in [-0.25, -0.2) is 4.68 Å². The fourth-order valence-corrected chi connectivity index (χ4v) is 26.2. The van der Waals surface area contributed by atoms with Gasteiger partial charge in [0.05, 0.1) is 60.5 Å². The Morgan fingerprint density at radius 3 is 1.19 bits per heavy atom. The molecule has 0 saturated heterocycles. The van der Waals surface area contributed by atoms with E-state index >= 15 is 0 Å². The largest absolute Gasteiger partial charge is 0.390 e. The number of aromatic nitrogens is 9. The minimum Gasteiger partial charge on any atom is -0.390 e. The number of ketones is 3. The number of carbonyl (C=O) groups is 3. The second-order valence-electron chi connectivity index (χ2n) is 35.8. The third-order valence-corrected chi connectivity index (χ3v) is 31.4. The summed E-state index contributed by atoms with van der Waals surface area (Å²) in [5.74, 6) is 10.1. The first-order valence-corrected chi connectivity index (χ1v) is 38.4. The zero-order valence-electron chi connectivity index (χ0n) is 58.6. The lowest BCUT2D eigenvalue weighted by Crippen LogP contribution is -2.55. The molecule has 0 spiro atoms. The minimum atomic E-state index is -0.485. The third-order valence-electron chi connectivity index (χ3n) is 30.9. The molecule has 0 bridgehead atoms. The van der Waals surface area contributed by atoms with Crippen molar-refractivity contribution in [3.05, 3.63) is 35.7 Å². The molecule has 12 fully saturated rings. The van der Waals surface area contributed by atoms with Crippen LogP contribution in [0.5, 0.6) is 0 Å². The van der Waals surface area contributed by atoms with Crippen molar-refractivity contribution < 1.29 is 45.0 Å². The highest BCUT2D eigenvalue weighted by Gasteiger charge is 2.65. The predicted octanol–water partition coefficient (Wildman–Crippen LogP) is 14.1. The van der Waals surface area contributed by atoms with Crippen LogP contribution in [0.25, 0.3) is 0 Å². The quantitative estimate of drug-likeness (QED) is 0.0879. The lowest BCUT2D eigenvalue weighted by molar-refractivity contribution is -0.151. The van der Waals surface area contributed by atoms with Gasteiger partial charge in [0.25, 0.3) is 0 Å². The number of carbonyl (C=O) groups excluding carboxylic acids is 3. The van der Waals surface area contributed by atoms with Crippen molar-refractivity contribution in [1.82, 2.24) is 45.4 Å². The van der Waals surface area contributed by atoms with Gasteiger partial charge in [-0.05, 0) is 298 Å². The molecule has 3 aromatic heterocycles. The number of nitrogens with one attached hydrogen (secondary N) is 1. The number of halogens is 1. The fourth-order valence-electron chi connectivity index (χ4n) is 25.8. The number of hydrogen-bond acceptors (Lipinski definition) is 15. The van der Waals surface area contributed by atoms with E-state index in [9.17, 15) is 39.9 Å². The summed E-state index contributed by atoms with van der Waals surface area (Å²) in [6.07, 6.45) is 35.6. The number of rotatable bonds is 11. The Kier molecular flexibility index (Phi) is 23.6. The van der Waals surface area contributed by atoms with E-state index in [2.05, 4.69) is 93.4 Å². The van der Waals surface area contributed by atoms with Crippen molar-refractivity contribution in [2.45, 2.75) is 308 Å². The fraction of sp³-hybridized carbons (Fsp3) is 0.885. The number of Topliss-reactive ketones (excluding diaryl/α,β-unsaturated/α-hetero) is 3. The van der Waals surface area contributed by atoms with Gasteiger partial charge in [0.1, 0.15) is 36.0 Å². The van der Waals surface area contributed by atoms with Crippen molar-refractivity contribution in [3.63, 3.8) is 0 Å². The van der Waals surface area contributed by atoms with Gasteiger partial charge < -0.3 is 30.6 Å². The summed E-state index contributed by atoms with van der Waals surface area (Å²) >= 11 is 3.43. The van der Waals surface area contributed by atoms with Crippen LogP contribution >= 0.6 is 15.9 Å². The molecule has 3 aromatic rings. The molecule has 0 aliphatic heterocycles. The molecule has 0 radical (unpaired) electrons. The first kappa shape index (κ1) is 77.8. The van der Waals surface area contributed by atoms with Crippen LogP contribution < -0.4 is 0 Å². The van der Waals surface area contributed by atoms with Crippen molar-refractivity contribution in [2.24, 2.45) is 121 Å². The van der Waals surface area contributed by atoms with Crippen LogP contribution in [0.3, 0.4) is 0 Å². The molecule has 0 amide bonds. The van der Waals surface area contributed by atoms with E-state index in [4.69, 9.17) is 5.11 Å². The van der Waals surface area contributed by atoms with Gasteiger partial charge in [0, 0.05) is 17.8 Å². The molecule has 12 aliphatic carbocycles. The molecule has 12 aliphatic rings. The zero-order chi connectivity index (χ0) is 67.2. The topological polar surface area (TPSA) is 276 Å². The first-order chi connectivity index (χ1) is 44.5. The Morgan fingerprint density at radius 2 is 0.845 bits per heavy atom. The number of H-pyrrole nitrogens is 1. The zero-order valence-corrected chi connectivity index (χ0v) is 60.2. The number of aliphatic hydroxyl groups is 6. The highest BCUT2D eigenvalue weighted by atomic mass is 79.9. The minimum absolute atomic E-state index is 0. The highest BCUT2D eigenvalue weighted by Crippen LogP contribution is 2.72. The Hall–Kier alpha value is -3.33. The molecule has 15 rings (SSSR count). The molecule has 19 heteroatoms. The smallest absolute Gasteiger partial charge is 0.159 e. The lowest BCUT2D eigenvalue weighted by atomic mass is 9.44. The summed E-state index contributed by atoms with van der Waals surface area (Å²) in [6, 6.07) is 0. The standard InChI is InChI=1S/2C25H39N3O3.C22H35BrO2.C3H5N3O.3CH4/c1-23(31)10-11-24(2)16(12-23)4-5-18-19-6-7-21(25(19,3)9-8-20(18)24)22(30)14-28-13-17(15-29)26-27-28;1-23(31)10-11-24(2)16(12-23)4-5-18-19-6-7-21(25(19,3)9-8-20(18)24)22(30)14-28-26-13-17(15-29)27-28;1-20(25)10-11-21(2)14(12-20)4-5-15-16-6-7-18(19(24)13-23)22(16,3)9-8-17(15)21;7-2-3-1-4-6-5-3;;;/h2*13,16,18-21,29,31H,4-12,14-15H2,1-3H3;14-18,25H,4-13H2,1-3H3;1,7H,2H2,(H,4,5,6);3*1H4/t2*16-,18-,19-,20-,21+,23+,24-,25-;14-,15-,16-,17-,18+,20+,21-,22-;;;;/m000..../s1. The van der Waals surface area contributed by atoms with Crippen LogP contribution in [0.15, 0.2) is 18.6 Å². The number of hydrogen-bond donors (Lipinski definition) is 7. The third kappa shape index (κ3) is 14.4. The van der Waals surface area contributed by atoms with Gasteiger partial charge in [0.15, 0.2) is 11.6 Å². The summed E-state index contributed by atoms with van der Waals surface area (Å²) in [6.45, 7) is 21.1. The molecule has 18 nitrogen and oxygen atoms in total. The van der Waals surface area contributed by atoms with Crippen LogP contribution in [-0.4, -0.2) is 116 Å². The second kappa shape index (κ2) is 29.4. The molecule has 97 heavy (non-hydrogen) atoms. The van der Waals surface area contributed by atoms with Crippen molar-refractivity contribution in [2.75, 3.05) is 5.33 Å². The monoisotopic (exact) mass is 1420 g/mol. The second-order valence-corrected chi connectivity index (χ2v) is 36.4. The lowest BCUT2D eigenvalue weighted by Gasteiger charge is -2.61. The van der Waals surface area contributed by atoms with Crippen molar-refractivity contribution in [1.29, 1.82) is 0 Å². The average molecular weight is 1420 g/mol. The SMILES string of the molecule is C.C.C.C[C@@]1(O)CC[C@@]2(C)[C@@H](CC[C@@H]3[C@@H]2CC[C@]2(C)[C@@H](C(=O)CBr)CC[C@@H]32)C1.C[C@@]1(O)CC[C@@]2(C)[C@@H](CC[C@@H]3[C@@H]2CC[C@]2(C)[C@@H](C(=O)Cn4cc(CO)nn4)CC[C@@H]32)C1.C[C@@]1(O)CC[C@@]2(C)[C@@H](CC[C@@H]3[C@@H]2CC[C@]2(C)[C@@H](C(=O)Cn4ncc(CO)n4)CC[C@@H]32)C1.OCc1cn[nH]n1. The number of alkyl halides is 1. The Labute approximate surface area is 590 Å². The predicted molar refractivity (Wildman–Crippen MR) is 381 cm³/mol. The molecular formula is C78H130BrN9O9. The summed E-state index contributed by atoms with van der Waals surface area (Å²) in [4.78, 5) is 40.6. The van der Waals surface area contributed by atoms with Crippen LogP contribution in [0.1, 0.15) is 275 Å². The van der Waals surface area contributed by atoms with E-state index in [1.54, 1.807) is 17.1 Å². The van der Waals surface area contributed by atoms with Gasteiger partial charge >= 0.3 is 0 Å².